The van der Waals surface area contributed by atoms with Gasteiger partial charge in [0.05, 0.1) is 4.90 Å². The summed E-state index contributed by atoms with van der Waals surface area (Å²) in [4.78, 5) is 12.5. The third-order valence-electron chi connectivity index (χ3n) is 3.76. The number of rotatable bonds is 6. The number of sulfonamides is 1. The lowest BCUT2D eigenvalue weighted by Crippen LogP contribution is -2.47. The molecule has 10 heteroatoms. The molecule has 2 aromatic rings. The molecule has 3 rings (SSSR count). The van der Waals surface area contributed by atoms with Crippen LogP contribution in [0.5, 0.6) is 11.5 Å². The number of benzene rings is 1. The molecule has 0 radical (unpaired) electrons. The number of ether oxygens (including phenoxy) is 2. The summed E-state index contributed by atoms with van der Waals surface area (Å²) in [7, 11) is -3.95. The Kier molecular flexibility index (Phi) is 4.88. The van der Waals surface area contributed by atoms with E-state index in [0.717, 1.165) is 0 Å². The largest absolute Gasteiger partial charge is 0.454 e. The number of hydrogen-bond acceptors (Lipinski definition) is 7. The highest BCUT2D eigenvalue weighted by Crippen LogP contribution is 2.33. The molecular formula is C16H19N3O6S. The van der Waals surface area contributed by atoms with Gasteiger partial charge in [0, 0.05) is 12.1 Å². The summed E-state index contributed by atoms with van der Waals surface area (Å²) >= 11 is 0. The Morgan fingerprint density at radius 2 is 1.92 bits per heavy atom. The average molecular weight is 381 g/mol. The SMILES string of the molecule is Cc1cc(NC(=O)[C@@H](NS(=O)(=O)c2ccc3c(c2)OCO3)C(C)C)no1. The quantitative estimate of drug-likeness (QED) is 0.781. The predicted molar refractivity (Wildman–Crippen MR) is 91.4 cm³/mol. The Bertz CT molecular complexity index is 922. The number of hydrogen-bond donors (Lipinski definition) is 2. The third-order valence-corrected chi connectivity index (χ3v) is 5.20. The summed E-state index contributed by atoms with van der Waals surface area (Å²) in [6, 6.07) is 4.82. The zero-order valence-electron chi connectivity index (χ0n) is 14.5. The zero-order valence-corrected chi connectivity index (χ0v) is 15.3. The van der Waals surface area contributed by atoms with E-state index >= 15 is 0 Å². The molecule has 1 aromatic carbocycles. The van der Waals surface area contributed by atoms with Gasteiger partial charge in [-0.2, -0.15) is 4.72 Å². The van der Waals surface area contributed by atoms with Crippen LogP contribution in [0.2, 0.25) is 0 Å². The fraction of sp³-hybridized carbons (Fsp3) is 0.375. The maximum atomic E-state index is 12.7. The van der Waals surface area contributed by atoms with Crippen LogP contribution in [0, 0.1) is 12.8 Å². The fourth-order valence-electron chi connectivity index (χ4n) is 2.40. The average Bonchev–Trinajstić information content (AvgIpc) is 3.20. The fourth-order valence-corrected chi connectivity index (χ4v) is 3.76. The minimum absolute atomic E-state index is 0.0162. The second-order valence-corrected chi connectivity index (χ2v) is 7.88. The van der Waals surface area contributed by atoms with Crippen molar-refractivity contribution in [3.8, 4) is 11.5 Å². The van der Waals surface area contributed by atoms with Crippen LogP contribution in [0.4, 0.5) is 5.82 Å². The number of nitrogens with zero attached hydrogens (tertiary/aromatic N) is 1. The van der Waals surface area contributed by atoms with Crippen LogP contribution < -0.4 is 19.5 Å². The monoisotopic (exact) mass is 381 g/mol. The van der Waals surface area contributed by atoms with Crippen molar-refractivity contribution in [2.45, 2.75) is 31.7 Å². The van der Waals surface area contributed by atoms with Crippen LogP contribution >= 0.6 is 0 Å². The molecule has 1 amide bonds. The molecule has 2 heterocycles. The van der Waals surface area contributed by atoms with E-state index < -0.39 is 22.0 Å². The zero-order chi connectivity index (χ0) is 18.9. The minimum atomic E-state index is -3.95. The third kappa shape index (κ3) is 3.81. The number of aromatic nitrogens is 1. The predicted octanol–water partition coefficient (Wildman–Crippen LogP) is 1.65. The molecule has 0 saturated carbocycles. The van der Waals surface area contributed by atoms with Crippen molar-refractivity contribution in [3.05, 3.63) is 30.0 Å². The Morgan fingerprint density at radius 1 is 1.19 bits per heavy atom. The van der Waals surface area contributed by atoms with Crippen molar-refractivity contribution in [1.82, 2.24) is 9.88 Å². The van der Waals surface area contributed by atoms with Gasteiger partial charge in [0.2, 0.25) is 22.7 Å². The van der Waals surface area contributed by atoms with Crippen molar-refractivity contribution in [1.29, 1.82) is 0 Å². The van der Waals surface area contributed by atoms with Crippen LogP contribution in [0.15, 0.2) is 33.7 Å². The maximum absolute atomic E-state index is 12.7. The summed E-state index contributed by atoms with van der Waals surface area (Å²) in [6.07, 6.45) is 0. The number of carbonyl (C=O) groups excluding carboxylic acids is 1. The molecule has 0 bridgehead atoms. The van der Waals surface area contributed by atoms with E-state index in [0.29, 0.717) is 17.3 Å². The molecule has 2 N–H and O–H groups in total. The van der Waals surface area contributed by atoms with Gasteiger partial charge in [-0.15, -0.1) is 0 Å². The second kappa shape index (κ2) is 6.96. The summed E-state index contributed by atoms with van der Waals surface area (Å²) < 4.78 is 43.1. The number of fused-ring (bicyclic) bond motifs is 1. The molecule has 0 aliphatic carbocycles. The number of aryl methyl sites for hydroxylation is 1. The molecule has 0 saturated heterocycles. The van der Waals surface area contributed by atoms with Gasteiger partial charge in [0.15, 0.2) is 17.3 Å². The molecule has 0 unspecified atom stereocenters. The van der Waals surface area contributed by atoms with E-state index in [1.165, 1.54) is 18.2 Å². The lowest BCUT2D eigenvalue weighted by atomic mass is 10.1. The number of nitrogens with one attached hydrogen (secondary N) is 2. The molecule has 1 aromatic heterocycles. The Balaban J connectivity index is 1.79. The van der Waals surface area contributed by atoms with Gasteiger partial charge in [-0.3, -0.25) is 4.79 Å². The highest BCUT2D eigenvalue weighted by atomic mass is 32.2. The van der Waals surface area contributed by atoms with Gasteiger partial charge in [0.1, 0.15) is 11.8 Å². The number of amides is 1. The van der Waals surface area contributed by atoms with Crippen molar-refractivity contribution in [2.24, 2.45) is 5.92 Å². The first-order chi connectivity index (χ1) is 12.3. The van der Waals surface area contributed by atoms with E-state index in [1.807, 2.05) is 0 Å². The van der Waals surface area contributed by atoms with Crippen LogP contribution in [0.25, 0.3) is 0 Å². The van der Waals surface area contributed by atoms with Gasteiger partial charge in [-0.1, -0.05) is 19.0 Å². The second-order valence-electron chi connectivity index (χ2n) is 6.17. The van der Waals surface area contributed by atoms with E-state index in [1.54, 1.807) is 26.8 Å². The van der Waals surface area contributed by atoms with E-state index in [4.69, 9.17) is 14.0 Å². The van der Waals surface area contributed by atoms with Crippen molar-refractivity contribution < 1.29 is 27.2 Å². The van der Waals surface area contributed by atoms with Crippen LogP contribution in [-0.2, 0) is 14.8 Å². The molecule has 1 atom stereocenters. The Morgan fingerprint density at radius 3 is 2.58 bits per heavy atom. The van der Waals surface area contributed by atoms with Gasteiger partial charge in [-0.25, -0.2) is 8.42 Å². The highest BCUT2D eigenvalue weighted by molar-refractivity contribution is 7.89. The molecule has 1 aliphatic heterocycles. The van der Waals surface area contributed by atoms with Crippen LogP contribution in [0.1, 0.15) is 19.6 Å². The molecule has 1 aliphatic rings. The molecule has 9 nitrogen and oxygen atoms in total. The maximum Gasteiger partial charge on any atom is 0.244 e. The lowest BCUT2D eigenvalue weighted by molar-refractivity contribution is -0.118. The van der Waals surface area contributed by atoms with Crippen molar-refractivity contribution >= 4 is 21.7 Å². The standard InChI is InChI=1S/C16H19N3O6S/c1-9(2)15(16(20)17-14-6-10(3)25-18-14)19-26(21,22)11-4-5-12-13(7-11)24-8-23-12/h4-7,9,15,19H,8H2,1-3H3,(H,17,18,20)/t15-/m0/s1. The first-order valence-corrected chi connectivity index (χ1v) is 9.41. The molecule has 0 fully saturated rings. The molecule has 140 valence electrons. The Labute approximate surface area is 150 Å². The normalized spacial score (nSPS) is 14.5. The summed E-state index contributed by atoms with van der Waals surface area (Å²) in [5, 5.41) is 6.22. The van der Waals surface area contributed by atoms with Crippen LogP contribution in [0.3, 0.4) is 0 Å². The molecule has 0 spiro atoms. The smallest absolute Gasteiger partial charge is 0.244 e. The van der Waals surface area contributed by atoms with E-state index in [2.05, 4.69) is 15.2 Å². The van der Waals surface area contributed by atoms with Crippen LogP contribution in [-0.4, -0.2) is 32.3 Å². The first-order valence-electron chi connectivity index (χ1n) is 7.92. The van der Waals surface area contributed by atoms with Gasteiger partial charge in [-0.05, 0) is 25.0 Å². The van der Waals surface area contributed by atoms with Gasteiger partial charge >= 0.3 is 0 Å². The van der Waals surface area contributed by atoms with Gasteiger partial charge < -0.3 is 19.3 Å². The lowest BCUT2D eigenvalue weighted by Gasteiger charge is -2.21. The van der Waals surface area contributed by atoms with E-state index in [-0.39, 0.29) is 23.4 Å². The topological polar surface area (TPSA) is 120 Å². The first kappa shape index (κ1) is 18.2. The molecule has 26 heavy (non-hydrogen) atoms. The van der Waals surface area contributed by atoms with Crippen molar-refractivity contribution in [2.75, 3.05) is 12.1 Å². The minimum Gasteiger partial charge on any atom is -0.454 e. The van der Waals surface area contributed by atoms with E-state index in [9.17, 15) is 13.2 Å². The summed E-state index contributed by atoms with van der Waals surface area (Å²) in [6.45, 7) is 5.20. The molecular weight excluding hydrogens is 362 g/mol. The van der Waals surface area contributed by atoms with Gasteiger partial charge in [0.25, 0.3) is 0 Å². The number of anilines is 1. The highest BCUT2D eigenvalue weighted by Gasteiger charge is 2.30. The number of carbonyl (C=O) groups is 1. The van der Waals surface area contributed by atoms with Crippen molar-refractivity contribution in [3.63, 3.8) is 0 Å². The Hall–Kier alpha value is -2.59. The summed E-state index contributed by atoms with van der Waals surface area (Å²) in [5.41, 5.74) is 0. The summed E-state index contributed by atoms with van der Waals surface area (Å²) in [5.74, 6) is 0.743.